The minimum atomic E-state index is -0.369. The normalized spacial score (nSPS) is 12.1. The lowest BCUT2D eigenvalue weighted by Crippen LogP contribution is -2.10. The summed E-state index contributed by atoms with van der Waals surface area (Å²) in [6.45, 7) is 1.89. The molecule has 0 amide bonds. The second-order valence-corrected chi connectivity index (χ2v) is 4.30. The minimum Gasteiger partial charge on any atom is -0.346 e. The van der Waals surface area contributed by atoms with Crippen molar-refractivity contribution in [3.05, 3.63) is 42.2 Å². The Morgan fingerprint density at radius 3 is 2.57 bits per heavy atom. The molecule has 9 heteroatoms. The monoisotopic (exact) mass is 286 g/mol. The summed E-state index contributed by atoms with van der Waals surface area (Å²) in [7, 11) is 0. The van der Waals surface area contributed by atoms with E-state index in [-0.39, 0.29) is 11.9 Å². The van der Waals surface area contributed by atoms with Crippen LogP contribution in [0.2, 0.25) is 0 Å². The number of nitrogens with zero attached hydrogens (tertiary/aromatic N) is 6. The Morgan fingerprint density at radius 1 is 1.14 bits per heavy atom. The van der Waals surface area contributed by atoms with Crippen LogP contribution in [0, 0.1) is 5.82 Å². The Morgan fingerprint density at radius 2 is 1.95 bits per heavy atom. The Balaban J connectivity index is 1.71. The summed E-state index contributed by atoms with van der Waals surface area (Å²) in [4.78, 5) is 12.4. The molecule has 0 aliphatic carbocycles. The van der Waals surface area contributed by atoms with Crippen molar-refractivity contribution in [3.8, 4) is 11.4 Å². The van der Waals surface area contributed by atoms with Gasteiger partial charge in [0.05, 0.1) is 23.5 Å². The highest BCUT2D eigenvalue weighted by molar-refractivity contribution is 5.51. The van der Waals surface area contributed by atoms with Crippen molar-refractivity contribution in [1.82, 2.24) is 35.6 Å². The van der Waals surface area contributed by atoms with E-state index >= 15 is 0 Å². The van der Waals surface area contributed by atoms with Crippen molar-refractivity contribution in [2.45, 2.75) is 13.0 Å². The third-order valence-corrected chi connectivity index (χ3v) is 2.79. The highest BCUT2D eigenvalue weighted by Gasteiger charge is 2.09. The van der Waals surface area contributed by atoms with Crippen LogP contribution in [-0.2, 0) is 0 Å². The van der Waals surface area contributed by atoms with Crippen molar-refractivity contribution < 1.29 is 4.39 Å². The average molecular weight is 286 g/mol. The predicted molar refractivity (Wildman–Crippen MR) is 71.4 cm³/mol. The highest BCUT2D eigenvalue weighted by Crippen LogP contribution is 2.16. The van der Waals surface area contributed by atoms with Crippen molar-refractivity contribution in [2.24, 2.45) is 0 Å². The molecule has 0 bridgehead atoms. The van der Waals surface area contributed by atoms with Crippen LogP contribution in [0.1, 0.15) is 18.7 Å². The molecule has 3 aromatic rings. The molecule has 0 aromatic carbocycles. The molecular formula is C12H11FN8. The number of anilines is 1. The van der Waals surface area contributed by atoms with Gasteiger partial charge in [-0.15, -0.1) is 10.2 Å². The summed E-state index contributed by atoms with van der Waals surface area (Å²) in [5.74, 6) is 0.488. The summed E-state index contributed by atoms with van der Waals surface area (Å²) in [6, 6.07) is 2.82. The maximum absolute atomic E-state index is 12.8. The van der Waals surface area contributed by atoms with Gasteiger partial charge >= 0.3 is 0 Å². The number of nitrogens with one attached hydrogen (secondary N) is 2. The fraction of sp³-hybridized carbons (Fsp3) is 0.167. The van der Waals surface area contributed by atoms with E-state index in [0.717, 1.165) is 0 Å². The summed E-state index contributed by atoms with van der Waals surface area (Å²) < 4.78 is 12.8. The Labute approximate surface area is 118 Å². The quantitative estimate of drug-likeness (QED) is 0.746. The predicted octanol–water partition coefficient (Wildman–Crippen LogP) is 1.36. The fourth-order valence-electron chi connectivity index (χ4n) is 1.71. The van der Waals surface area contributed by atoms with Crippen LogP contribution < -0.4 is 5.32 Å². The van der Waals surface area contributed by atoms with Crippen LogP contribution in [0.4, 0.5) is 10.3 Å². The van der Waals surface area contributed by atoms with E-state index in [2.05, 4.69) is 40.9 Å². The molecule has 21 heavy (non-hydrogen) atoms. The van der Waals surface area contributed by atoms with Crippen LogP contribution in [0.15, 0.2) is 30.7 Å². The lowest BCUT2D eigenvalue weighted by Gasteiger charge is -2.12. The van der Waals surface area contributed by atoms with Gasteiger partial charge in [-0.2, -0.15) is 5.21 Å². The number of hydrogen-bond donors (Lipinski definition) is 2. The van der Waals surface area contributed by atoms with Gasteiger partial charge in [-0.3, -0.25) is 4.98 Å². The number of H-pyrrole nitrogens is 1. The van der Waals surface area contributed by atoms with Gasteiger partial charge in [-0.25, -0.2) is 14.4 Å². The number of aromatic nitrogens is 7. The largest absolute Gasteiger partial charge is 0.346 e. The first-order chi connectivity index (χ1) is 10.2. The summed E-state index contributed by atoms with van der Waals surface area (Å²) in [5.41, 5.74) is 1.35. The summed E-state index contributed by atoms with van der Waals surface area (Å²) in [5, 5.41) is 16.6. The van der Waals surface area contributed by atoms with Gasteiger partial charge in [0.15, 0.2) is 0 Å². The van der Waals surface area contributed by atoms with Crippen molar-refractivity contribution in [2.75, 3.05) is 5.32 Å². The third-order valence-electron chi connectivity index (χ3n) is 2.79. The first kappa shape index (κ1) is 13.0. The smallest absolute Gasteiger partial charge is 0.223 e. The zero-order chi connectivity index (χ0) is 14.7. The molecule has 2 N–H and O–H groups in total. The van der Waals surface area contributed by atoms with E-state index in [1.807, 2.05) is 6.92 Å². The zero-order valence-corrected chi connectivity index (χ0v) is 11.0. The van der Waals surface area contributed by atoms with Gasteiger partial charge in [0.2, 0.25) is 11.8 Å². The molecule has 106 valence electrons. The van der Waals surface area contributed by atoms with E-state index in [9.17, 15) is 4.39 Å². The molecular weight excluding hydrogens is 275 g/mol. The molecule has 3 rings (SSSR count). The van der Waals surface area contributed by atoms with Gasteiger partial charge < -0.3 is 5.32 Å². The maximum atomic E-state index is 12.8. The number of halogens is 1. The number of pyridine rings is 1. The first-order valence-electron chi connectivity index (χ1n) is 6.16. The van der Waals surface area contributed by atoms with Crippen molar-refractivity contribution in [1.29, 1.82) is 0 Å². The van der Waals surface area contributed by atoms with Gasteiger partial charge in [-0.05, 0) is 24.3 Å². The molecule has 8 nitrogen and oxygen atoms in total. The molecule has 1 atom stereocenters. The number of aromatic amines is 1. The Hall–Kier alpha value is -2.97. The van der Waals surface area contributed by atoms with Crippen LogP contribution in [0.5, 0.6) is 0 Å². The lowest BCUT2D eigenvalue weighted by molar-refractivity contribution is 0.617. The molecule has 0 aliphatic rings. The highest BCUT2D eigenvalue weighted by atomic mass is 19.1. The Kier molecular flexibility index (Phi) is 3.46. The SMILES string of the molecule is CC(Nc1ncc(-c2nn[nH]n2)cn1)c1ccc(F)cn1. The number of tetrazole rings is 1. The zero-order valence-electron chi connectivity index (χ0n) is 11.0. The van der Waals surface area contributed by atoms with Crippen LogP contribution in [-0.4, -0.2) is 35.6 Å². The number of hydrogen-bond acceptors (Lipinski definition) is 7. The Bertz CT molecular complexity index is 695. The number of rotatable bonds is 4. The molecule has 0 saturated heterocycles. The van der Waals surface area contributed by atoms with Gasteiger partial charge in [-0.1, -0.05) is 0 Å². The standard InChI is InChI=1S/C12H11FN8/c1-7(10-3-2-9(13)6-14-10)17-12-15-4-8(5-16-12)11-18-20-21-19-11/h2-7H,1H3,(H,15,16,17)(H,18,19,20,21). The van der Waals surface area contributed by atoms with Crippen LogP contribution >= 0.6 is 0 Å². The minimum absolute atomic E-state index is 0.151. The summed E-state index contributed by atoms with van der Waals surface area (Å²) >= 11 is 0. The fourth-order valence-corrected chi connectivity index (χ4v) is 1.71. The van der Waals surface area contributed by atoms with Crippen molar-refractivity contribution >= 4 is 5.95 Å². The average Bonchev–Trinajstić information content (AvgIpc) is 3.03. The second-order valence-electron chi connectivity index (χ2n) is 4.30. The first-order valence-corrected chi connectivity index (χ1v) is 6.16. The lowest BCUT2D eigenvalue weighted by atomic mass is 10.2. The van der Waals surface area contributed by atoms with Crippen molar-refractivity contribution in [3.63, 3.8) is 0 Å². The second kappa shape index (κ2) is 5.57. The van der Waals surface area contributed by atoms with Gasteiger partial charge in [0, 0.05) is 12.4 Å². The molecule has 0 radical (unpaired) electrons. The molecule has 0 saturated carbocycles. The van der Waals surface area contributed by atoms with Crippen LogP contribution in [0.25, 0.3) is 11.4 Å². The summed E-state index contributed by atoms with van der Waals surface area (Å²) in [6.07, 6.45) is 4.35. The topological polar surface area (TPSA) is 105 Å². The van der Waals surface area contributed by atoms with E-state index in [1.165, 1.54) is 12.3 Å². The van der Waals surface area contributed by atoms with Crippen LogP contribution in [0.3, 0.4) is 0 Å². The van der Waals surface area contributed by atoms with Gasteiger partial charge in [0.1, 0.15) is 5.82 Å². The molecule has 0 aliphatic heterocycles. The van der Waals surface area contributed by atoms with E-state index in [4.69, 9.17) is 0 Å². The van der Waals surface area contributed by atoms with E-state index < -0.39 is 0 Å². The van der Waals surface area contributed by atoms with E-state index in [1.54, 1.807) is 18.5 Å². The maximum Gasteiger partial charge on any atom is 0.223 e. The molecule has 1 unspecified atom stereocenters. The molecule has 3 heterocycles. The molecule has 0 spiro atoms. The molecule has 3 aromatic heterocycles. The van der Waals surface area contributed by atoms with Gasteiger partial charge in [0.25, 0.3) is 0 Å². The third kappa shape index (κ3) is 2.96. The van der Waals surface area contributed by atoms with E-state index in [0.29, 0.717) is 23.0 Å². The molecule has 0 fully saturated rings.